The first-order valence-corrected chi connectivity index (χ1v) is 12.3. The molecule has 8 heteroatoms. The van der Waals surface area contributed by atoms with Gasteiger partial charge in [0.05, 0.1) is 16.4 Å². The number of aromatic nitrogens is 3. The molecule has 0 unspecified atom stereocenters. The topological polar surface area (TPSA) is 65.7 Å². The maximum Gasteiger partial charge on any atom is 0.172 e. The predicted molar refractivity (Wildman–Crippen MR) is 136 cm³/mol. The summed E-state index contributed by atoms with van der Waals surface area (Å²) >= 11 is 10.0. The fourth-order valence-corrected chi connectivity index (χ4v) is 4.93. The maximum absolute atomic E-state index is 10.1. The van der Waals surface area contributed by atoms with Crippen LogP contribution < -0.4 is 5.32 Å². The molecule has 2 aromatic heterocycles. The Hall–Kier alpha value is -2.61. The second-order valence-electron chi connectivity index (χ2n) is 8.46. The molecule has 0 aliphatic carbocycles. The molecule has 1 saturated heterocycles. The minimum Gasteiger partial charge on any atom is -0.508 e. The molecule has 0 saturated carbocycles. The number of nitrogens with one attached hydrogen (secondary N) is 1. The third kappa shape index (κ3) is 4.86. The van der Waals surface area contributed by atoms with Crippen LogP contribution >= 0.6 is 27.5 Å². The molecule has 0 amide bonds. The summed E-state index contributed by atoms with van der Waals surface area (Å²) in [4.78, 5) is 7.19. The molecule has 0 atom stereocenters. The molecule has 0 bridgehead atoms. The maximum atomic E-state index is 10.1. The highest BCUT2D eigenvalue weighted by molar-refractivity contribution is 9.10. The molecule has 1 fully saturated rings. The number of aromatic hydroxyl groups is 1. The number of benzene rings is 2. The fraction of sp³-hybridized carbons (Fsp3) is 0.280. The molecule has 5 rings (SSSR count). The first kappa shape index (κ1) is 22.2. The van der Waals surface area contributed by atoms with Crippen molar-refractivity contribution in [2.45, 2.75) is 19.4 Å². The summed E-state index contributed by atoms with van der Waals surface area (Å²) < 4.78 is 2.68. The van der Waals surface area contributed by atoms with Gasteiger partial charge in [0.15, 0.2) is 5.65 Å². The second-order valence-corrected chi connectivity index (χ2v) is 9.73. The van der Waals surface area contributed by atoms with Gasteiger partial charge in [0.2, 0.25) is 0 Å². The van der Waals surface area contributed by atoms with E-state index in [4.69, 9.17) is 16.6 Å². The normalized spacial score (nSPS) is 15.2. The third-order valence-corrected chi connectivity index (χ3v) is 7.13. The van der Waals surface area contributed by atoms with Crippen molar-refractivity contribution < 1.29 is 5.11 Å². The molecule has 33 heavy (non-hydrogen) atoms. The molecule has 0 spiro atoms. The number of hydrogen-bond acceptors (Lipinski definition) is 5. The Kier molecular flexibility index (Phi) is 6.53. The van der Waals surface area contributed by atoms with Crippen LogP contribution in [-0.4, -0.2) is 44.2 Å². The number of phenols is 1. The van der Waals surface area contributed by atoms with Crippen LogP contribution in [0.1, 0.15) is 18.4 Å². The van der Waals surface area contributed by atoms with Gasteiger partial charge in [-0.15, -0.1) is 0 Å². The number of anilines is 1. The van der Waals surface area contributed by atoms with Gasteiger partial charge < -0.3 is 10.4 Å². The third-order valence-electron chi connectivity index (χ3n) is 6.24. The molecular weight excluding hydrogens is 502 g/mol. The summed E-state index contributed by atoms with van der Waals surface area (Å²) in [7, 11) is 0. The van der Waals surface area contributed by atoms with Gasteiger partial charge in [-0.05, 0) is 59.9 Å². The van der Waals surface area contributed by atoms with Gasteiger partial charge in [-0.2, -0.15) is 9.61 Å². The van der Waals surface area contributed by atoms with Crippen molar-refractivity contribution in [1.29, 1.82) is 0 Å². The Balaban J connectivity index is 1.27. The van der Waals surface area contributed by atoms with Crippen LogP contribution in [0.2, 0.25) is 5.02 Å². The molecule has 170 valence electrons. The highest BCUT2D eigenvalue weighted by atomic mass is 79.9. The number of piperidine rings is 1. The van der Waals surface area contributed by atoms with Crippen LogP contribution in [0.4, 0.5) is 5.82 Å². The number of halogens is 2. The van der Waals surface area contributed by atoms with Crippen molar-refractivity contribution in [1.82, 2.24) is 19.5 Å². The zero-order valence-corrected chi connectivity index (χ0v) is 20.4. The Labute approximate surface area is 206 Å². The summed E-state index contributed by atoms with van der Waals surface area (Å²) in [5.41, 5.74) is 3.46. The van der Waals surface area contributed by atoms with Gasteiger partial charge in [0.25, 0.3) is 0 Å². The number of likely N-dealkylation sites (tertiary alicyclic amines) is 1. The van der Waals surface area contributed by atoms with Crippen LogP contribution in [0.5, 0.6) is 5.75 Å². The molecule has 3 heterocycles. The summed E-state index contributed by atoms with van der Waals surface area (Å²) in [5.74, 6) is 1.84. The van der Waals surface area contributed by atoms with Crippen molar-refractivity contribution >= 4 is 39.0 Å². The number of fused-ring (bicyclic) bond motifs is 1. The first-order chi connectivity index (χ1) is 16.1. The van der Waals surface area contributed by atoms with E-state index in [0.29, 0.717) is 16.7 Å². The van der Waals surface area contributed by atoms with Crippen molar-refractivity contribution in [3.8, 4) is 17.0 Å². The standard InChI is InChI=1S/C25H25BrClN5O/c26-20-15-29-32-24(13-22(30-25(20)32)19-6-2-3-7-21(19)27)28-14-17-9-11-31(12-10-17)16-18-5-1-4-8-23(18)33/h1-8,13,15,17,28,33H,9-12,14,16H2. The zero-order valence-electron chi connectivity index (χ0n) is 18.1. The number of hydrogen-bond donors (Lipinski definition) is 2. The summed E-state index contributed by atoms with van der Waals surface area (Å²) in [6.07, 6.45) is 3.98. The Morgan fingerprint density at radius 3 is 2.64 bits per heavy atom. The lowest BCUT2D eigenvalue weighted by Gasteiger charge is -2.32. The van der Waals surface area contributed by atoms with E-state index in [1.165, 1.54) is 0 Å². The van der Waals surface area contributed by atoms with Crippen LogP contribution in [0.25, 0.3) is 16.9 Å². The monoisotopic (exact) mass is 525 g/mol. The van der Waals surface area contributed by atoms with E-state index in [9.17, 15) is 5.11 Å². The minimum atomic E-state index is 0.378. The summed E-state index contributed by atoms with van der Waals surface area (Å²) in [6.45, 7) is 3.69. The van der Waals surface area contributed by atoms with Gasteiger partial charge in [-0.25, -0.2) is 4.98 Å². The van der Waals surface area contributed by atoms with Gasteiger partial charge in [0, 0.05) is 35.3 Å². The number of nitrogens with zero attached hydrogens (tertiary/aromatic N) is 4. The average Bonchev–Trinajstić information content (AvgIpc) is 3.21. The molecule has 2 N–H and O–H groups in total. The lowest BCUT2D eigenvalue weighted by molar-refractivity contribution is 0.181. The van der Waals surface area contributed by atoms with E-state index in [-0.39, 0.29) is 0 Å². The second kappa shape index (κ2) is 9.71. The lowest BCUT2D eigenvalue weighted by Crippen LogP contribution is -2.35. The lowest BCUT2D eigenvalue weighted by atomic mass is 9.96. The zero-order chi connectivity index (χ0) is 22.8. The average molecular weight is 527 g/mol. The van der Waals surface area contributed by atoms with Crippen molar-refractivity contribution in [2.24, 2.45) is 5.92 Å². The smallest absolute Gasteiger partial charge is 0.172 e. The fourth-order valence-electron chi connectivity index (χ4n) is 4.35. The molecule has 1 aliphatic heterocycles. The Morgan fingerprint density at radius 1 is 1.09 bits per heavy atom. The summed E-state index contributed by atoms with van der Waals surface area (Å²) in [5, 5.41) is 18.8. The number of phenolic OH excluding ortho intramolecular Hbond substituents is 1. The molecule has 4 aromatic rings. The van der Waals surface area contributed by atoms with E-state index in [1.807, 2.05) is 53.0 Å². The van der Waals surface area contributed by atoms with Gasteiger partial charge in [-0.3, -0.25) is 4.90 Å². The SMILES string of the molecule is Oc1ccccc1CN1CCC(CNc2cc(-c3ccccc3Cl)nc3c(Br)cnn23)CC1. The van der Waals surface area contributed by atoms with E-state index in [0.717, 1.165) is 71.8 Å². The highest BCUT2D eigenvalue weighted by Gasteiger charge is 2.21. The van der Waals surface area contributed by atoms with E-state index in [1.54, 1.807) is 12.3 Å². The van der Waals surface area contributed by atoms with Crippen LogP contribution in [0.3, 0.4) is 0 Å². The van der Waals surface area contributed by atoms with Gasteiger partial charge >= 0.3 is 0 Å². The van der Waals surface area contributed by atoms with E-state index >= 15 is 0 Å². The van der Waals surface area contributed by atoms with Crippen molar-refractivity contribution in [3.05, 3.63) is 75.9 Å². The van der Waals surface area contributed by atoms with E-state index < -0.39 is 0 Å². The molecule has 2 aromatic carbocycles. The van der Waals surface area contributed by atoms with Crippen LogP contribution in [-0.2, 0) is 6.54 Å². The largest absolute Gasteiger partial charge is 0.508 e. The minimum absolute atomic E-state index is 0.378. The molecule has 6 nitrogen and oxygen atoms in total. The van der Waals surface area contributed by atoms with Crippen molar-refractivity contribution in [2.75, 3.05) is 25.0 Å². The predicted octanol–water partition coefficient (Wildman–Crippen LogP) is 5.84. The Morgan fingerprint density at radius 2 is 1.85 bits per heavy atom. The van der Waals surface area contributed by atoms with Crippen LogP contribution in [0.15, 0.2) is 65.3 Å². The number of para-hydroxylation sites is 1. The van der Waals surface area contributed by atoms with E-state index in [2.05, 4.69) is 31.2 Å². The molecule has 1 aliphatic rings. The highest BCUT2D eigenvalue weighted by Crippen LogP contribution is 2.31. The Bertz CT molecular complexity index is 1270. The number of rotatable bonds is 6. The molecular formula is C25H25BrClN5O. The summed E-state index contributed by atoms with van der Waals surface area (Å²) in [6, 6.07) is 17.4. The van der Waals surface area contributed by atoms with Gasteiger partial charge in [-0.1, -0.05) is 48.0 Å². The van der Waals surface area contributed by atoms with Gasteiger partial charge in [0.1, 0.15) is 11.6 Å². The first-order valence-electron chi connectivity index (χ1n) is 11.1. The van der Waals surface area contributed by atoms with Crippen molar-refractivity contribution in [3.63, 3.8) is 0 Å². The van der Waals surface area contributed by atoms with Crippen LogP contribution in [0, 0.1) is 5.92 Å². The molecule has 0 radical (unpaired) electrons. The quantitative estimate of drug-likeness (QED) is 0.330.